The average Bonchev–Trinajstić information content (AvgIpc) is 3.23. The second-order valence-corrected chi connectivity index (χ2v) is 7.11. The lowest BCUT2D eigenvalue weighted by Gasteiger charge is -2.16. The standard InChI is InChI=1S/C15H18BrNOS/c16-11-5-6-12(14(19)7-11)15(18)17-8-13(9-1-2-9)10-3-4-10/h5-7,9-10,13,19H,1-4,8H2,(H,17,18). The summed E-state index contributed by atoms with van der Waals surface area (Å²) < 4.78 is 0.947. The van der Waals surface area contributed by atoms with Crippen LogP contribution in [0.25, 0.3) is 0 Å². The third-order valence-electron chi connectivity index (χ3n) is 4.16. The molecular formula is C15H18BrNOS. The van der Waals surface area contributed by atoms with Gasteiger partial charge in [-0.2, -0.15) is 0 Å². The summed E-state index contributed by atoms with van der Waals surface area (Å²) in [6.45, 7) is 0.831. The predicted octanol–water partition coefficient (Wildman–Crippen LogP) is 3.90. The monoisotopic (exact) mass is 339 g/mol. The van der Waals surface area contributed by atoms with Gasteiger partial charge in [0.05, 0.1) is 5.56 Å². The van der Waals surface area contributed by atoms with Crippen LogP contribution >= 0.6 is 28.6 Å². The molecule has 3 rings (SSSR count). The minimum Gasteiger partial charge on any atom is -0.352 e. The van der Waals surface area contributed by atoms with Crippen LogP contribution < -0.4 is 5.32 Å². The fourth-order valence-corrected chi connectivity index (χ4v) is 3.62. The Balaban J connectivity index is 1.61. The van der Waals surface area contributed by atoms with Crippen molar-refractivity contribution in [1.29, 1.82) is 0 Å². The number of benzene rings is 1. The third-order valence-corrected chi connectivity index (χ3v) is 5.02. The maximum absolute atomic E-state index is 12.2. The largest absolute Gasteiger partial charge is 0.352 e. The molecule has 1 aromatic rings. The molecule has 0 saturated heterocycles. The molecule has 0 spiro atoms. The van der Waals surface area contributed by atoms with E-state index >= 15 is 0 Å². The fraction of sp³-hybridized carbons (Fsp3) is 0.533. The predicted molar refractivity (Wildman–Crippen MR) is 82.7 cm³/mol. The summed E-state index contributed by atoms with van der Waals surface area (Å²) in [6.07, 6.45) is 5.42. The second-order valence-electron chi connectivity index (χ2n) is 5.71. The van der Waals surface area contributed by atoms with Crippen LogP contribution in [-0.4, -0.2) is 12.5 Å². The number of hydrogen-bond donors (Lipinski definition) is 2. The number of rotatable bonds is 5. The number of thiol groups is 1. The Hall–Kier alpha value is -0.480. The van der Waals surface area contributed by atoms with Crippen molar-refractivity contribution in [2.75, 3.05) is 6.54 Å². The number of amides is 1. The Kier molecular flexibility index (Phi) is 3.90. The SMILES string of the molecule is O=C(NCC(C1CC1)C1CC1)c1ccc(Br)cc1S. The Bertz CT molecular complexity index is 485. The fourth-order valence-electron chi connectivity index (χ4n) is 2.77. The van der Waals surface area contributed by atoms with E-state index in [4.69, 9.17) is 0 Å². The van der Waals surface area contributed by atoms with E-state index in [1.807, 2.05) is 18.2 Å². The zero-order chi connectivity index (χ0) is 13.4. The van der Waals surface area contributed by atoms with Crippen LogP contribution in [0.3, 0.4) is 0 Å². The van der Waals surface area contributed by atoms with Crippen molar-refractivity contribution in [2.45, 2.75) is 30.6 Å². The smallest absolute Gasteiger partial charge is 0.252 e. The molecule has 0 aliphatic heterocycles. The number of hydrogen-bond acceptors (Lipinski definition) is 2. The Morgan fingerprint density at radius 3 is 2.47 bits per heavy atom. The summed E-state index contributed by atoms with van der Waals surface area (Å²) in [5.41, 5.74) is 0.664. The molecule has 0 unspecified atom stereocenters. The van der Waals surface area contributed by atoms with Gasteiger partial charge in [0, 0.05) is 15.9 Å². The summed E-state index contributed by atoms with van der Waals surface area (Å²) in [5, 5.41) is 3.10. The van der Waals surface area contributed by atoms with Gasteiger partial charge >= 0.3 is 0 Å². The lowest BCUT2D eigenvalue weighted by atomic mass is 9.98. The van der Waals surface area contributed by atoms with Gasteiger partial charge in [-0.3, -0.25) is 4.79 Å². The van der Waals surface area contributed by atoms with Gasteiger partial charge in [-0.25, -0.2) is 0 Å². The summed E-state index contributed by atoms with van der Waals surface area (Å²) in [6, 6.07) is 5.57. The molecule has 1 amide bonds. The van der Waals surface area contributed by atoms with Crippen LogP contribution in [0.1, 0.15) is 36.0 Å². The second kappa shape index (κ2) is 5.49. The van der Waals surface area contributed by atoms with Crippen LogP contribution in [0.5, 0.6) is 0 Å². The lowest BCUT2D eigenvalue weighted by molar-refractivity contribution is 0.0940. The quantitative estimate of drug-likeness (QED) is 0.782. The van der Waals surface area contributed by atoms with Crippen LogP contribution in [0.4, 0.5) is 0 Å². The molecule has 0 heterocycles. The van der Waals surface area contributed by atoms with Gasteiger partial charge in [0.1, 0.15) is 0 Å². The van der Waals surface area contributed by atoms with Gasteiger partial charge in [0.15, 0.2) is 0 Å². The van der Waals surface area contributed by atoms with Gasteiger partial charge in [-0.05, 0) is 61.6 Å². The molecule has 0 bridgehead atoms. The summed E-state index contributed by atoms with van der Waals surface area (Å²) in [7, 11) is 0. The topological polar surface area (TPSA) is 29.1 Å². The van der Waals surface area contributed by atoms with E-state index < -0.39 is 0 Å². The number of carbonyl (C=O) groups excluding carboxylic acids is 1. The van der Waals surface area contributed by atoms with Gasteiger partial charge in [-0.15, -0.1) is 12.6 Å². The third kappa shape index (κ3) is 3.34. The molecule has 19 heavy (non-hydrogen) atoms. The van der Waals surface area contributed by atoms with Crippen molar-refractivity contribution in [2.24, 2.45) is 17.8 Å². The van der Waals surface area contributed by atoms with E-state index in [1.165, 1.54) is 25.7 Å². The van der Waals surface area contributed by atoms with Gasteiger partial charge < -0.3 is 5.32 Å². The number of nitrogens with one attached hydrogen (secondary N) is 1. The number of halogens is 1. The molecule has 0 radical (unpaired) electrons. The highest BCUT2D eigenvalue weighted by atomic mass is 79.9. The first-order chi connectivity index (χ1) is 9.15. The molecule has 102 valence electrons. The molecule has 1 N–H and O–H groups in total. The zero-order valence-electron chi connectivity index (χ0n) is 10.7. The van der Waals surface area contributed by atoms with E-state index in [-0.39, 0.29) is 5.91 Å². The van der Waals surface area contributed by atoms with E-state index in [9.17, 15) is 4.79 Å². The highest BCUT2D eigenvalue weighted by molar-refractivity contribution is 9.10. The van der Waals surface area contributed by atoms with E-state index in [0.29, 0.717) is 11.5 Å². The Morgan fingerprint density at radius 1 is 1.32 bits per heavy atom. The van der Waals surface area contributed by atoms with Crippen molar-refractivity contribution >= 4 is 34.5 Å². The first-order valence-electron chi connectivity index (χ1n) is 6.92. The molecule has 2 aliphatic carbocycles. The maximum Gasteiger partial charge on any atom is 0.252 e. The first-order valence-corrected chi connectivity index (χ1v) is 8.16. The van der Waals surface area contributed by atoms with Crippen molar-refractivity contribution in [1.82, 2.24) is 5.32 Å². The van der Waals surface area contributed by atoms with Crippen LogP contribution in [0.15, 0.2) is 27.6 Å². The summed E-state index contributed by atoms with van der Waals surface area (Å²) in [4.78, 5) is 12.9. The Labute approximate surface area is 127 Å². The Morgan fingerprint density at radius 2 is 1.95 bits per heavy atom. The zero-order valence-corrected chi connectivity index (χ0v) is 13.2. The maximum atomic E-state index is 12.2. The van der Waals surface area contributed by atoms with Crippen molar-refractivity contribution < 1.29 is 4.79 Å². The van der Waals surface area contributed by atoms with Gasteiger partial charge in [-0.1, -0.05) is 15.9 Å². The van der Waals surface area contributed by atoms with Gasteiger partial charge in [0.25, 0.3) is 5.91 Å². The molecule has 0 aromatic heterocycles. The summed E-state index contributed by atoms with van der Waals surface area (Å²) in [5.74, 6) is 2.45. The lowest BCUT2D eigenvalue weighted by Crippen LogP contribution is -2.31. The summed E-state index contributed by atoms with van der Waals surface area (Å²) >= 11 is 7.75. The molecule has 0 atom stereocenters. The highest BCUT2D eigenvalue weighted by Crippen LogP contribution is 2.48. The van der Waals surface area contributed by atoms with Crippen molar-refractivity contribution in [3.8, 4) is 0 Å². The van der Waals surface area contributed by atoms with Crippen molar-refractivity contribution in [3.05, 3.63) is 28.2 Å². The molecule has 1 aromatic carbocycles. The van der Waals surface area contributed by atoms with Crippen LogP contribution in [-0.2, 0) is 0 Å². The molecule has 2 saturated carbocycles. The number of carbonyl (C=O) groups is 1. The molecule has 2 nitrogen and oxygen atoms in total. The van der Waals surface area contributed by atoms with Crippen molar-refractivity contribution in [3.63, 3.8) is 0 Å². The van der Waals surface area contributed by atoms with Gasteiger partial charge in [0.2, 0.25) is 0 Å². The minimum atomic E-state index is 0.00352. The highest BCUT2D eigenvalue weighted by Gasteiger charge is 2.41. The molecule has 2 fully saturated rings. The van der Waals surface area contributed by atoms with E-state index in [1.54, 1.807) is 0 Å². The minimum absolute atomic E-state index is 0.00352. The average molecular weight is 340 g/mol. The molecule has 4 heteroatoms. The normalized spacial score (nSPS) is 18.7. The molecule has 2 aliphatic rings. The molecular weight excluding hydrogens is 322 g/mol. The van der Waals surface area contributed by atoms with Crippen LogP contribution in [0.2, 0.25) is 0 Å². The van der Waals surface area contributed by atoms with Crippen LogP contribution in [0, 0.1) is 17.8 Å². The van der Waals surface area contributed by atoms with E-state index in [2.05, 4.69) is 33.9 Å². The van der Waals surface area contributed by atoms with E-state index in [0.717, 1.165) is 27.7 Å². The first kappa shape index (κ1) is 13.5.